The van der Waals surface area contributed by atoms with Gasteiger partial charge in [0.05, 0.1) is 0 Å². The second-order valence-corrected chi connectivity index (χ2v) is 5.97. The Morgan fingerprint density at radius 2 is 1.86 bits per heavy atom. The lowest BCUT2D eigenvalue weighted by atomic mass is 9.92. The first-order chi connectivity index (χ1) is 10.3. The molecular weight excluding hydrogens is 258 g/mol. The molecule has 3 rings (SSSR count). The maximum Gasteiger partial charge on any atom is 0.115 e. The van der Waals surface area contributed by atoms with Crippen molar-refractivity contribution in [3.05, 3.63) is 65.2 Å². The van der Waals surface area contributed by atoms with E-state index < -0.39 is 0 Å². The van der Waals surface area contributed by atoms with Crippen molar-refractivity contribution in [2.75, 3.05) is 6.54 Å². The first-order valence-corrected chi connectivity index (χ1v) is 7.87. The zero-order valence-electron chi connectivity index (χ0n) is 12.5. The van der Waals surface area contributed by atoms with E-state index in [1.54, 1.807) is 12.1 Å². The van der Waals surface area contributed by atoms with Crippen LogP contribution in [0.5, 0.6) is 5.75 Å². The molecule has 2 atom stereocenters. The van der Waals surface area contributed by atoms with Crippen LogP contribution in [-0.2, 0) is 12.8 Å². The van der Waals surface area contributed by atoms with Gasteiger partial charge in [-0.3, -0.25) is 0 Å². The van der Waals surface area contributed by atoms with Gasteiger partial charge in [0.25, 0.3) is 0 Å². The number of nitrogens with one attached hydrogen (secondary N) is 1. The Hall–Kier alpha value is -1.80. The number of aromatic hydroxyl groups is 1. The van der Waals surface area contributed by atoms with Gasteiger partial charge in [0, 0.05) is 6.04 Å². The summed E-state index contributed by atoms with van der Waals surface area (Å²) in [6.07, 6.45) is 3.35. The number of benzene rings is 2. The first kappa shape index (κ1) is 14.2. The summed E-state index contributed by atoms with van der Waals surface area (Å²) in [6, 6.07) is 16.9. The molecule has 0 bridgehead atoms. The number of hydrogen-bond donors (Lipinski definition) is 2. The lowest BCUT2D eigenvalue weighted by Crippen LogP contribution is -2.27. The maximum atomic E-state index is 9.42. The highest BCUT2D eigenvalue weighted by molar-refractivity contribution is 5.37. The Balaban J connectivity index is 1.79. The molecule has 0 amide bonds. The van der Waals surface area contributed by atoms with Crippen molar-refractivity contribution in [1.82, 2.24) is 5.32 Å². The SMILES string of the molecule is CCCNC1c2ccccc2CC1Cc1ccc(O)cc1. The van der Waals surface area contributed by atoms with Crippen LogP contribution in [0.15, 0.2) is 48.5 Å². The van der Waals surface area contributed by atoms with E-state index in [4.69, 9.17) is 0 Å². The third-order valence-electron chi connectivity index (χ3n) is 4.39. The van der Waals surface area contributed by atoms with Crippen LogP contribution >= 0.6 is 0 Å². The van der Waals surface area contributed by atoms with E-state index in [0.717, 1.165) is 25.8 Å². The highest BCUT2D eigenvalue weighted by atomic mass is 16.3. The predicted octanol–water partition coefficient (Wildman–Crippen LogP) is 3.85. The van der Waals surface area contributed by atoms with Gasteiger partial charge >= 0.3 is 0 Å². The molecule has 21 heavy (non-hydrogen) atoms. The minimum atomic E-state index is 0.342. The van der Waals surface area contributed by atoms with Crippen molar-refractivity contribution in [3.8, 4) is 5.75 Å². The average Bonchev–Trinajstić information content (AvgIpc) is 2.85. The molecule has 2 heteroatoms. The fraction of sp³-hybridized carbons (Fsp3) is 0.368. The lowest BCUT2D eigenvalue weighted by molar-refractivity contribution is 0.387. The van der Waals surface area contributed by atoms with Crippen LogP contribution in [0.4, 0.5) is 0 Å². The Morgan fingerprint density at radius 3 is 2.62 bits per heavy atom. The monoisotopic (exact) mass is 281 g/mol. The fourth-order valence-corrected chi connectivity index (χ4v) is 3.38. The van der Waals surface area contributed by atoms with Crippen LogP contribution in [0.1, 0.15) is 36.1 Å². The summed E-state index contributed by atoms with van der Waals surface area (Å²) in [6.45, 7) is 3.27. The maximum absolute atomic E-state index is 9.42. The summed E-state index contributed by atoms with van der Waals surface area (Å²) in [4.78, 5) is 0. The van der Waals surface area contributed by atoms with E-state index in [0.29, 0.717) is 17.7 Å². The molecule has 1 aliphatic carbocycles. The molecule has 0 aromatic heterocycles. The molecule has 0 fully saturated rings. The molecule has 0 radical (unpaired) electrons. The van der Waals surface area contributed by atoms with Gasteiger partial charge in [-0.25, -0.2) is 0 Å². The van der Waals surface area contributed by atoms with Gasteiger partial charge in [-0.2, -0.15) is 0 Å². The number of fused-ring (bicyclic) bond motifs is 1. The van der Waals surface area contributed by atoms with Gasteiger partial charge in [0.15, 0.2) is 0 Å². The molecule has 2 nitrogen and oxygen atoms in total. The van der Waals surface area contributed by atoms with Crippen molar-refractivity contribution in [1.29, 1.82) is 0 Å². The van der Waals surface area contributed by atoms with E-state index in [9.17, 15) is 5.11 Å². The Morgan fingerprint density at radius 1 is 1.10 bits per heavy atom. The van der Waals surface area contributed by atoms with Crippen molar-refractivity contribution in [2.45, 2.75) is 32.2 Å². The highest BCUT2D eigenvalue weighted by Crippen LogP contribution is 2.38. The third kappa shape index (κ3) is 3.11. The number of hydrogen-bond acceptors (Lipinski definition) is 2. The zero-order chi connectivity index (χ0) is 14.7. The van der Waals surface area contributed by atoms with Gasteiger partial charge in [0.1, 0.15) is 5.75 Å². The molecule has 0 heterocycles. The summed E-state index contributed by atoms with van der Waals surface area (Å²) in [5, 5.41) is 13.1. The average molecular weight is 281 g/mol. The van der Waals surface area contributed by atoms with Crippen molar-refractivity contribution in [2.24, 2.45) is 5.92 Å². The minimum absolute atomic E-state index is 0.342. The summed E-state index contributed by atoms with van der Waals surface area (Å²) in [5.41, 5.74) is 4.25. The Bertz CT molecular complexity index is 591. The molecule has 2 N–H and O–H groups in total. The van der Waals surface area contributed by atoms with Crippen LogP contribution in [0, 0.1) is 5.92 Å². The molecule has 110 valence electrons. The molecule has 2 aromatic carbocycles. The zero-order valence-corrected chi connectivity index (χ0v) is 12.5. The molecule has 0 saturated heterocycles. The van der Waals surface area contributed by atoms with Crippen LogP contribution in [0.3, 0.4) is 0 Å². The summed E-state index contributed by atoms with van der Waals surface area (Å²) < 4.78 is 0. The van der Waals surface area contributed by atoms with Gasteiger partial charge in [-0.1, -0.05) is 43.3 Å². The first-order valence-electron chi connectivity index (χ1n) is 7.87. The quantitative estimate of drug-likeness (QED) is 0.872. The molecule has 2 aromatic rings. The van der Waals surface area contributed by atoms with E-state index in [2.05, 4.69) is 36.5 Å². The smallest absolute Gasteiger partial charge is 0.115 e. The second kappa shape index (κ2) is 6.31. The van der Waals surface area contributed by atoms with Gasteiger partial charge in [0.2, 0.25) is 0 Å². The molecule has 0 spiro atoms. The van der Waals surface area contributed by atoms with Crippen LogP contribution in [0.25, 0.3) is 0 Å². The largest absolute Gasteiger partial charge is 0.508 e. The van der Waals surface area contributed by atoms with Crippen molar-refractivity contribution < 1.29 is 5.11 Å². The normalized spacial score (nSPS) is 20.4. The summed E-state index contributed by atoms with van der Waals surface area (Å²) >= 11 is 0. The van der Waals surface area contributed by atoms with E-state index >= 15 is 0 Å². The van der Waals surface area contributed by atoms with E-state index in [1.807, 2.05) is 12.1 Å². The van der Waals surface area contributed by atoms with E-state index in [-0.39, 0.29) is 0 Å². The molecular formula is C19H23NO. The fourth-order valence-electron chi connectivity index (χ4n) is 3.38. The van der Waals surface area contributed by atoms with Crippen LogP contribution in [0.2, 0.25) is 0 Å². The second-order valence-electron chi connectivity index (χ2n) is 5.97. The lowest BCUT2D eigenvalue weighted by Gasteiger charge is -2.22. The van der Waals surface area contributed by atoms with Gasteiger partial charge < -0.3 is 10.4 Å². The summed E-state index contributed by atoms with van der Waals surface area (Å²) in [5.74, 6) is 0.938. The van der Waals surface area contributed by atoms with Crippen molar-refractivity contribution >= 4 is 0 Å². The molecule has 0 aliphatic heterocycles. The molecule has 0 saturated carbocycles. The minimum Gasteiger partial charge on any atom is -0.508 e. The van der Waals surface area contributed by atoms with Gasteiger partial charge in [-0.05, 0) is 60.5 Å². The number of phenolic OH excluding ortho intramolecular Hbond substituents is 1. The Labute approximate surface area is 126 Å². The third-order valence-corrected chi connectivity index (χ3v) is 4.39. The van der Waals surface area contributed by atoms with Crippen LogP contribution in [-0.4, -0.2) is 11.7 Å². The number of phenols is 1. The predicted molar refractivity (Wildman–Crippen MR) is 86.5 cm³/mol. The van der Waals surface area contributed by atoms with E-state index in [1.165, 1.54) is 16.7 Å². The van der Waals surface area contributed by atoms with Gasteiger partial charge in [-0.15, -0.1) is 0 Å². The molecule has 1 aliphatic rings. The Kier molecular flexibility index (Phi) is 4.26. The number of rotatable bonds is 5. The topological polar surface area (TPSA) is 32.3 Å². The standard InChI is InChI=1S/C19H23NO/c1-2-11-20-19-16(12-14-7-9-17(21)10-8-14)13-15-5-3-4-6-18(15)19/h3-10,16,19-21H,2,11-13H2,1H3. The summed E-state index contributed by atoms with van der Waals surface area (Å²) in [7, 11) is 0. The highest BCUT2D eigenvalue weighted by Gasteiger charge is 2.31. The van der Waals surface area contributed by atoms with Crippen molar-refractivity contribution in [3.63, 3.8) is 0 Å². The van der Waals surface area contributed by atoms with Crippen LogP contribution < -0.4 is 5.32 Å². The molecule has 2 unspecified atom stereocenters.